The molecule has 1 aliphatic carbocycles. The minimum atomic E-state index is -0.617. The van der Waals surface area contributed by atoms with Crippen LogP contribution in [-0.2, 0) is 11.2 Å². The van der Waals surface area contributed by atoms with E-state index in [1.807, 2.05) is 0 Å². The van der Waals surface area contributed by atoms with Crippen LogP contribution in [0.15, 0.2) is 18.2 Å². The first-order valence-electron chi connectivity index (χ1n) is 6.79. The number of halogens is 2. The van der Waals surface area contributed by atoms with E-state index in [0.717, 1.165) is 32.4 Å². The Morgan fingerprint density at radius 3 is 2.53 bits per heavy atom. The third-order valence-electron chi connectivity index (χ3n) is 4.59. The highest BCUT2D eigenvalue weighted by Crippen LogP contribution is 2.59. The van der Waals surface area contributed by atoms with Gasteiger partial charge >= 0.3 is 0 Å². The fourth-order valence-corrected chi connectivity index (χ4v) is 3.28. The summed E-state index contributed by atoms with van der Waals surface area (Å²) in [6, 6.07) is 3.74. The van der Waals surface area contributed by atoms with E-state index < -0.39 is 11.6 Å². The van der Waals surface area contributed by atoms with Gasteiger partial charge in [0.2, 0.25) is 0 Å². The SMILES string of the molecule is O=C(Cc1c(F)cccc1F)C1CC12CCNCC2. The lowest BCUT2D eigenvalue weighted by molar-refractivity contribution is -0.120. The Balaban J connectivity index is 1.70. The summed E-state index contributed by atoms with van der Waals surface area (Å²) in [4.78, 5) is 12.2. The maximum atomic E-state index is 13.5. The topological polar surface area (TPSA) is 29.1 Å². The number of hydrogen-bond donors (Lipinski definition) is 1. The van der Waals surface area contributed by atoms with Crippen molar-refractivity contribution in [2.24, 2.45) is 11.3 Å². The Morgan fingerprint density at radius 2 is 1.89 bits per heavy atom. The van der Waals surface area contributed by atoms with E-state index in [9.17, 15) is 13.6 Å². The molecule has 1 spiro atoms. The second-order valence-electron chi connectivity index (χ2n) is 5.71. The maximum absolute atomic E-state index is 13.5. The average molecular weight is 265 g/mol. The molecular weight excluding hydrogens is 248 g/mol. The number of hydrogen-bond acceptors (Lipinski definition) is 2. The van der Waals surface area contributed by atoms with Gasteiger partial charge in [-0.15, -0.1) is 0 Å². The van der Waals surface area contributed by atoms with Gasteiger partial charge in [-0.1, -0.05) is 6.07 Å². The molecule has 3 rings (SSSR count). The second kappa shape index (κ2) is 4.67. The normalized spacial score (nSPS) is 24.4. The lowest BCUT2D eigenvalue weighted by Crippen LogP contribution is -2.31. The zero-order chi connectivity index (χ0) is 13.5. The average Bonchev–Trinajstić information content (AvgIpc) is 3.08. The number of piperidine rings is 1. The molecule has 2 fully saturated rings. The van der Waals surface area contributed by atoms with Crippen molar-refractivity contribution in [3.05, 3.63) is 35.4 Å². The molecular formula is C15H17F2NO. The minimum Gasteiger partial charge on any atom is -0.317 e. The number of carbonyl (C=O) groups is 1. The third kappa shape index (κ3) is 2.29. The molecule has 0 bridgehead atoms. The number of carbonyl (C=O) groups excluding carboxylic acids is 1. The Labute approximate surface area is 111 Å². The molecule has 1 aromatic rings. The van der Waals surface area contributed by atoms with Crippen molar-refractivity contribution >= 4 is 5.78 Å². The van der Waals surface area contributed by atoms with Gasteiger partial charge in [0.15, 0.2) is 0 Å². The van der Waals surface area contributed by atoms with Gasteiger partial charge in [0.05, 0.1) is 0 Å². The largest absolute Gasteiger partial charge is 0.317 e. The van der Waals surface area contributed by atoms with Crippen LogP contribution in [0.3, 0.4) is 0 Å². The summed E-state index contributed by atoms with van der Waals surface area (Å²) >= 11 is 0. The molecule has 1 heterocycles. The quantitative estimate of drug-likeness (QED) is 0.909. The van der Waals surface area contributed by atoms with Gasteiger partial charge in [-0.05, 0) is 49.9 Å². The van der Waals surface area contributed by atoms with Crippen molar-refractivity contribution in [1.29, 1.82) is 0 Å². The van der Waals surface area contributed by atoms with Gasteiger partial charge in [-0.25, -0.2) is 8.78 Å². The van der Waals surface area contributed by atoms with Crippen LogP contribution in [0, 0.1) is 23.0 Å². The number of benzene rings is 1. The number of rotatable bonds is 3. The molecule has 0 radical (unpaired) electrons. The van der Waals surface area contributed by atoms with Crippen molar-refractivity contribution in [3.8, 4) is 0 Å². The Morgan fingerprint density at radius 1 is 1.26 bits per heavy atom. The van der Waals surface area contributed by atoms with Crippen LogP contribution in [0.4, 0.5) is 8.78 Å². The number of ketones is 1. The standard InChI is InChI=1S/C15H17F2NO/c16-12-2-1-3-13(17)10(12)8-14(19)11-9-15(11)4-6-18-7-5-15/h1-3,11,18H,4-9H2. The third-order valence-corrected chi connectivity index (χ3v) is 4.59. The molecule has 1 saturated carbocycles. The van der Waals surface area contributed by atoms with Crippen LogP contribution in [0.2, 0.25) is 0 Å². The predicted molar refractivity (Wildman–Crippen MR) is 67.7 cm³/mol. The van der Waals surface area contributed by atoms with Crippen molar-refractivity contribution < 1.29 is 13.6 Å². The number of Topliss-reactive ketones (excluding diaryl/α,β-unsaturated/α-hetero) is 1. The molecule has 19 heavy (non-hydrogen) atoms. The molecule has 2 nitrogen and oxygen atoms in total. The van der Waals surface area contributed by atoms with Gasteiger partial charge in [-0.2, -0.15) is 0 Å². The molecule has 2 aliphatic rings. The predicted octanol–water partition coefficient (Wildman–Crippen LogP) is 2.47. The van der Waals surface area contributed by atoms with Gasteiger partial charge in [0.1, 0.15) is 17.4 Å². The molecule has 1 saturated heterocycles. The van der Waals surface area contributed by atoms with Gasteiger partial charge in [0, 0.05) is 17.9 Å². The fourth-order valence-electron chi connectivity index (χ4n) is 3.28. The highest BCUT2D eigenvalue weighted by molar-refractivity contribution is 5.86. The summed E-state index contributed by atoms with van der Waals surface area (Å²) < 4.78 is 27.1. The molecule has 1 aromatic carbocycles. The summed E-state index contributed by atoms with van der Waals surface area (Å²) in [6.07, 6.45) is 2.79. The van der Waals surface area contributed by atoms with Crippen LogP contribution in [0.25, 0.3) is 0 Å². The zero-order valence-corrected chi connectivity index (χ0v) is 10.7. The highest BCUT2D eigenvalue weighted by atomic mass is 19.1. The molecule has 1 unspecified atom stereocenters. The van der Waals surface area contributed by atoms with E-state index in [1.54, 1.807) is 0 Å². The first-order valence-corrected chi connectivity index (χ1v) is 6.79. The number of nitrogens with one attached hydrogen (secondary N) is 1. The summed E-state index contributed by atoms with van der Waals surface area (Å²) in [5.41, 5.74) is 0.0489. The molecule has 102 valence electrons. The summed E-state index contributed by atoms with van der Waals surface area (Å²) in [5.74, 6) is -1.23. The summed E-state index contributed by atoms with van der Waals surface area (Å²) in [5, 5.41) is 3.28. The summed E-state index contributed by atoms with van der Waals surface area (Å²) in [7, 11) is 0. The van der Waals surface area contributed by atoms with Crippen molar-refractivity contribution in [2.45, 2.75) is 25.7 Å². The van der Waals surface area contributed by atoms with Crippen LogP contribution in [0.5, 0.6) is 0 Å². The first kappa shape index (κ1) is 12.7. The molecule has 0 aromatic heterocycles. The highest BCUT2D eigenvalue weighted by Gasteiger charge is 2.57. The summed E-state index contributed by atoms with van der Waals surface area (Å²) in [6.45, 7) is 1.88. The van der Waals surface area contributed by atoms with Crippen LogP contribution in [-0.4, -0.2) is 18.9 Å². The van der Waals surface area contributed by atoms with E-state index in [-0.39, 0.29) is 29.1 Å². The molecule has 1 N–H and O–H groups in total. The van der Waals surface area contributed by atoms with E-state index in [2.05, 4.69) is 5.32 Å². The Hall–Kier alpha value is -1.29. The second-order valence-corrected chi connectivity index (χ2v) is 5.71. The van der Waals surface area contributed by atoms with Crippen molar-refractivity contribution in [3.63, 3.8) is 0 Å². The van der Waals surface area contributed by atoms with E-state index in [1.165, 1.54) is 18.2 Å². The van der Waals surface area contributed by atoms with Crippen LogP contribution >= 0.6 is 0 Å². The molecule has 0 amide bonds. The van der Waals surface area contributed by atoms with Crippen LogP contribution in [0.1, 0.15) is 24.8 Å². The van der Waals surface area contributed by atoms with Crippen molar-refractivity contribution in [2.75, 3.05) is 13.1 Å². The zero-order valence-electron chi connectivity index (χ0n) is 10.7. The fraction of sp³-hybridized carbons (Fsp3) is 0.533. The first-order chi connectivity index (χ1) is 9.12. The van der Waals surface area contributed by atoms with E-state index >= 15 is 0 Å². The van der Waals surface area contributed by atoms with Crippen molar-refractivity contribution in [1.82, 2.24) is 5.32 Å². The van der Waals surface area contributed by atoms with E-state index in [0.29, 0.717) is 0 Å². The minimum absolute atomic E-state index is 0.00797. The molecule has 4 heteroatoms. The van der Waals surface area contributed by atoms with Gasteiger partial charge in [-0.3, -0.25) is 4.79 Å². The lowest BCUT2D eigenvalue weighted by Gasteiger charge is -2.23. The van der Waals surface area contributed by atoms with E-state index in [4.69, 9.17) is 0 Å². The smallest absolute Gasteiger partial charge is 0.141 e. The lowest BCUT2D eigenvalue weighted by atomic mass is 9.89. The maximum Gasteiger partial charge on any atom is 0.141 e. The monoisotopic (exact) mass is 265 g/mol. The Kier molecular flexibility index (Phi) is 3.13. The molecule has 1 aliphatic heterocycles. The van der Waals surface area contributed by atoms with Gasteiger partial charge < -0.3 is 5.32 Å². The molecule has 1 atom stereocenters. The van der Waals surface area contributed by atoms with Gasteiger partial charge in [0.25, 0.3) is 0 Å². The van der Waals surface area contributed by atoms with Crippen LogP contribution < -0.4 is 5.32 Å². The Bertz CT molecular complexity index is 489.